The monoisotopic (exact) mass is 513 g/mol. The Kier molecular flexibility index (Phi) is 5.08. The fourth-order valence-corrected chi connectivity index (χ4v) is 5.58. The standard InChI is InChI=1S/C25H18F3N3O4S/c1-34-13-4-5-15(17(8-13)12-2-3-12)22-30-23-19(24(33)31(22)10-14-9-29-11-35-14)16-6-7-18(25(26,27)28)20(32)21(16)36-23/h4-9,11-12,32H,2-3,10H2,1H3. The Bertz CT molecular complexity index is 1690. The number of thiophene rings is 1. The van der Waals surface area contributed by atoms with E-state index in [2.05, 4.69) is 4.98 Å². The molecule has 1 aliphatic carbocycles. The van der Waals surface area contributed by atoms with Gasteiger partial charge in [0, 0.05) is 10.9 Å². The third-order valence-electron chi connectivity index (χ3n) is 6.36. The second-order valence-corrected chi connectivity index (χ2v) is 9.64. The molecule has 2 aromatic carbocycles. The molecule has 184 valence electrons. The van der Waals surface area contributed by atoms with Gasteiger partial charge in [0.05, 0.1) is 35.5 Å². The molecule has 6 rings (SSSR count). The van der Waals surface area contributed by atoms with Crippen LogP contribution in [-0.2, 0) is 12.7 Å². The second kappa shape index (κ2) is 8.09. The minimum atomic E-state index is -4.73. The smallest absolute Gasteiger partial charge is 0.420 e. The van der Waals surface area contributed by atoms with Crippen LogP contribution in [0.5, 0.6) is 11.5 Å². The van der Waals surface area contributed by atoms with Crippen LogP contribution in [0.1, 0.15) is 35.6 Å². The summed E-state index contributed by atoms with van der Waals surface area (Å²) in [4.78, 5) is 22.8. The summed E-state index contributed by atoms with van der Waals surface area (Å²) in [5.74, 6) is 0.840. The van der Waals surface area contributed by atoms with Crippen molar-refractivity contribution in [1.29, 1.82) is 0 Å². The van der Waals surface area contributed by atoms with Gasteiger partial charge in [0.1, 0.15) is 27.9 Å². The molecule has 1 aliphatic rings. The molecular formula is C25H18F3N3O4S. The quantitative estimate of drug-likeness (QED) is 0.314. The summed E-state index contributed by atoms with van der Waals surface area (Å²) >= 11 is 0.861. The van der Waals surface area contributed by atoms with Crippen LogP contribution in [-0.4, -0.2) is 26.8 Å². The van der Waals surface area contributed by atoms with Gasteiger partial charge in [0.15, 0.2) is 6.39 Å². The number of methoxy groups -OCH3 is 1. The van der Waals surface area contributed by atoms with Gasteiger partial charge in [-0.05, 0) is 48.6 Å². The highest BCUT2D eigenvalue weighted by Gasteiger charge is 2.35. The van der Waals surface area contributed by atoms with E-state index >= 15 is 0 Å². The average Bonchev–Trinajstić information content (AvgIpc) is 3.43. The van der Waals surface area contributed by atoms with Gasteiger partial charge in [0.2, 0.25) is 0 Å². The van der Waals surface area contributed by atoms with Crippen molar-refractivity contribution in [3.63, 3.8) is 0 Å². The van der Waals surface area contributed by atoms with Crippen LogP contribution in [0.15, 0.2) is 52.1 Å². The topological polar surface area (TPSA) is 90.4 Å². The molecule has 11 heteroatoms. The molecule has 0 aliphatic heterocycles. The van der Waals surface area contributed by atoms with Crippen LogP contribution < -0.4 is 10.3 Å². The van der Waals surface area contributed by atoms with Gasteiger partial charge in [-0.1, -0.05) is 6.07 Å². The van der Waals surface area contributed by atoms with Crippen LogP contribution in [0.3, 0.4) is 0 Å². The fourth-order valence-electron chi connectivity index (χ4n) is 4.47. The lowest BCUT2D eigenvalue weighted by atomic mass is 10.0. The first-order valence-corrected chi connectivity index (χ1v) is 11.9. The van der Waals surface area contributed by atoms with Crippen LogP contribution in [0, 0.1) is 0 Å². The highest BCUT2D eigenvalue weighted by Crippen LogP contribution is 2.47. The molecule has 36 heavy (non-hydrogen) atoms. The molecule has 1 fully saturated rings. The van der Waals surface area contributed by atoms with Crippen molar-refractivity contribution in [2.45, 2.75) is 31.5 Å². The highest BCUT2D eigenvalue weighted by molar-refractivity contribution is 7.25. The lowest BCUT2D eigenvalue weighted by Gasteiger charge is -2.15. The molecule has 0 unspecified atom stereocenters. The Morgan fingerprint density at radius 1 is 1.25 bits per heavy atom. The van der Waals surface area contributed by atoms with Gasteiger partial charge in [-0.15, -0.1) is 11.3 Å². The molecule has 0 amide bonds. The molecular weight excluding hydrogens is 495 g/mol. The van der Waals surface area contributed by atoms with Gasteiger partial charge < -0.3 is 14.3 Å². The zero-order chi connectivity index (χ0) is 25.2. The summed E-state index contributed by atoms with van der Waals surface area (Å²) in [6, 6.07) is 7.54. The molecule has 1 N–H and O–H groups in total. The zero-order valence-corrected chi connectivity index (χ0v) is 19.6. The maximum Gasteiger partial charge on any atom is 0.420 e. The van der Waals surface area contributed by atoms with Gasteiger partial charge in [-0.3, -0.25) is 9.36 Å². The fraction of sp³-hybridized carbons (Fsp3) is 0.240. The van der Waals surface area contributed by atoms with Gasteiger partial charge in [-0.2, -0.15) is 13.2 Å². The predicted octanol–water partition coefficient (Wildman–Crippen LogP) is 5.92. The van der Waals surface area contributed by atoms with E-state index < -0.39 is 23.0 Å². The normalized spacial score (nSPS) is 14.1. The largest absolute Gasteiger partial charge is 0.506 e. The SMILES string of the molecule is COc1ccc(-c2nc3sc4c(O)c(C(F)(F)F)ccc4c3c(=O)n2Cc2cnco2)c(C2CC2)c1. The third-order valence-corrected chi connectivity index (χ3v) is 7.46. The van der Waals surface area contributed by atoms with E-state index in [1.807, 2.05) is 12.1 Å². The van der Waals surface area contributed by atoms with Crippen LogP contribution in [0.25, 0.3) is 31.7 Å². The van der Waals surface area contributed by atoms with Gasteiger partial charge in [-0.25, -0.2) is 9.97 Å². The Hall–Kier alpha value is -3.86. The average molecular weight is 513 g/mol. The van der Waals surface area contributed by atoms with E-state index in [4.69, 9.17) is 14.1 Å². The Morgan fingerprint density at radius 3 is 2.72 bits per heavy atom. The van der Waals surface area contributed by atoms with Gasteiger partial charge in [0.25, 0.3) is 5.56 Å². The number of ether oxygens (including phenoxy) is 1. The zero-order valence-electron chi connectivity index (χ0n) is 18.8. The summed E-state index contributed by atoms with van der Waals surface area (Å²) in [5, 5.41) is 10.8. The minimum Gasteiger partial charge on any atom is -0.506 e. The lowest BCUT2D eigenvalue weighted by Crippen LogP contribution is -2.24. The molecule has 0 atom stereocenters. The van der Waals surface area contributed by atoms with E-state index in [0.717, 1.165) is 41.4 Å². The second-order valence-electron chi connectivity index (χ2n) is 8.64. The number of hydrogen-bond acceptors (Lipinski definition) is 7. The van der Waals surface area contributed by atoms with Crippen molar-refractivity contribution in [3.8, 4) is 22.9 Å². The van der Waals surface area contributed by atoms with E-state index in [1.165, 1.54) is 23.2 Å². The number of aromatic hydroxyl groups is 1. The molecule has 3 heterocycles. The number of hydrogen-bond donors (Lipinski definition) is 1. The number of fused-ring (bicyclic) bond motifs is 3. The summed E-state index contributed by atoms with van der Waals surface area (Å²) < 4.78 is 52.4. The number of oxazole rings is 1. The third kappa shape index (κ3) is 3.62. The molecule has 0 bridgehead atoms. The first kappa shape index (κ1) is 22.6. The summed E-state index contributed by atoms with van der Waals surface area (Å²) in [6.45, 7) is 0.0250. The number of alkyl halides is 3. The minimum absolute atomic E-state index is 0.0250. The first-order chi connectivity index (χ1) is 17.3. The van der Waals surface area contributed by atoms with Crippen molar-refractivity contribution in [2.24, 2.45) is 0 Å². The Morgan fingerprint density at radius 2 is 2.06 bits per heavy atom. The Labute approximate surface area is 205 Å². The van der Waals surface area contributed by atoms with Crippen molar-refractivity contribution in [3.05, 3.63) is 70.2 Å². The predicted molar refractivity (Wildman–Crippen MR) is 128 cm³/mol. The molecule has 5 aromatic rings. The molecule has 7 nitrogen and oxygen atoms in total. The molecule has 0 spiro atoms. The van der Waals surface area contributed by atoms with E-state index in [0.29, 0.717) is 23.3 Å². The van der Waals surface area contributed by atoms with Crippen LogP contribution in [0.4, 0.5) is 13.2 Å². The van der Waals surface area contributed by atoms with Crippen molar-refractivity contribution >= 4 is 31.6 Å². The van der Waals surface area contributed by atoms with Crippen LogP contribution >= 0.6 is 11.3 Å². The van der Waals surface area contributed by atoms with E-state index in [-0.39, 0.29) is 26.8 Å². The number of benzene rings is 2. The van der Waals surface area contributed by atoms with Crippen molar-refractivity contribution in [1.82, 2.24) is 14.5 Å². The lowest BCUT2D eigenvalue weighted by molar-refractivity contribution is -0.138. The summed E-state index contributed by atoms with van der Waals surface area (Å²) in [6.07, 6.45) is -0.00561. The number of phenols is 1. The summed E-state index contributed by atoms with van der Waals surface area (Å²) in [7, 11) is 1.58. The number of nitrogens with zero attached hydrogens (tertiary/aromatic N) is 3. The highest BCUT2D eigenvalue weighted by atomic mass is 32.1. The van der Waals surface area contributed by atoms with E-state index in [1.54, 1.807) is 13.2 Å². The van der Waals surface area contributed by atoms with Crippen molar-refractivity contribution in [2.75, 3.05) is 7.11 Å². The number of aromatic nitrogens is 3. The molecule has 1 saturated carbocycles. The maximum atomic E-state index is 13.9. The van der Waals surface area contributed by atoms with Crippen LogP contribution in [0.2, 0.25) is 0 Å². The number of halogens is 3. The Balaban J connectivity index is 1.66. The molecule has 0 saturated heterocycles. The maximum absolute atomic E-state index is 13.9. The number of phenolic OH excluding ortho intramolecular Hbond substituents is 1. The van der Waals surface area contributed by atoms with Gasteiger partial charge >= 0.3 is 6.18 Å². The molecule has 0 radical (unpaired) electrons. The number of rotatable bonds is 5. The van der Waals surface area contributed by atoms with Crippen molar-refractivity contribution < 1.29 is 27.4 Å². The van der Waals surface area contributed by atoms with E-state index in [9.17, 15) is 23.1 Å². The first-order valence-electron chi connectivity index (χ1n) is 11.1. The molecule has 3 aromatic heterocycles. The summed E-state index contributed by atoms with van der Waals surface area (Å²) in [5.41, 5.74) is 0.106.